The number of amides is 1. The third-order valence-electron chi connectivity index (χ3n) is 10.1. The Bertz CT molecular complexity index is 1510. The highest BCUT2D eigenvalue weighted by Crippen LogP contribution is 2.54. The number of aliphatic hydroxyl groups is 2. The van der Waals surface area contributed by atoms with E-state index in [2.05, 4.69) is 103 Å². The highest BCUT2D eigenvalue weighted by molar-refractivity contribution is 5.80. The second-order valence-corrected chi connectivity index (χ2v) is 16.7. The molecule has 1 saturated carbocycles. The van der Waals surface area contributed by atoms with Crippen molar-refractivity contribution in [1.29, 1.82) is 0 Å². The first-order valence-electron chi connectivity index (χ1n) is 17.6. The van der Waals surface area contributed by atoms with Crippen LogP contribution in [0.4, 0.5) is 10.5 Å². The summed E-state index contributed by atoms with van der Waals surface area (Å²) in [6, 6.07) is 8.46. The maximum atomic E-state index is 13.3. The van der Waals surface area contributed by atoms with Crippen molar-refractivity contribution in [2.24, 2.45) is 34.5 Å². The van der Waals surface area contributed by atoms with Gasteiger partial charge in [0, 0.05) is 24.2 Å². The van der Waals surface area contributed by atoms with Crippen molar-refractivity contribution in [1.82, 2.24) is 19.5 Å². The molecule has 0 spiro atoms. The minimum Gasteiger partial charge on any atom is -0.402 e. The number of aromatic nitrogens is 3. The van der Waals surface area contributed by atoms with Gasteiger partial charge in [-0.3, -0.25) is 5.10 Å². The lowest BCUT2D eigenvalue weighted by Crippen LogP contribution is -2.44. The van der Waals surface area contributed by atoms with E-state index in [1.165, 1.54) is 18.4 Å². The maximum absolute atomic E-state index is 13.3. The lowest BCUT2D eigenvalue weighted by atomic mass is 9.54. The van der Waals surface area contributed by atoms with Crippen molar-refractivity contribution in [3.63, 3.8) is 0 Å². The number of aromatic amines is 1. The van der Waals surface area contributed by atoms with E-state index in [0.717, 1.165) is 11.1 Å². The number of nitrogens with one attached hydrogen (secondary N) is 1. The van der Waals surface area contributed by atoms with Gasteiger partial charge in [-0.25, -0.2) is 19.1 Å². The van der Waals surface area contributed by atoms with Crippen molar-refractivity contribution >= 4 is 17.4 Å². The van der Waals surface area contributed by atoms with Crippen molar-refractivity contribution in [2.45, 2.75) is 108 Å². The first-order valence-corrected chi connectivity index (χ1v) is 17.6. The molecule has 48 heavy (non-hydrogen) atoms. The van der Waals surface area contributed by atoms with Crippen molar-refractivity contribution in [3.05, 3.63) is 46.8 Å². The number of fused-ring (bicyclic) bond motifs is 1. The number of benzene rings is 1. The Balaban J connectivity index is 0.00000148. The molecule has 4 rings (SSSR count). The van der Waals surface area contributed by atoms with Crippen LogP contribution in [0.2, 0.25) is 0 Å². The molecule has 0 bridgehead atoms. The quantitative estimate of drug-likeness (QED) is 0.219. The van der Waals surface area contributed by atoms with E-state index in [9.17, 15) is 4.79 Å². The summed E-state index contributed by atoms with van der Waals surface area (Å²) in [5.41, 5.74) is 4.40. The van der Waals surface area contributed by atoms with Crippen LogP contribution >= 0.6 is 0 Å². The Morgan fingerprint density at radius 3 is 1.92 bits per heavy atom. The fraction of sp³-hybridized carbons (Fsp3) is 0.667. The predicted octanol–water partition coefficient (Wildman–Crippen LogP) is 8.90. The Labute approximate surface area is 288 Å². The van der Waals surface area contributed by atoms with Gasteiger partial charge in [0.1, 0.15) is 5.65 Å². The monoisotopic (exact) mass is 663 g/mol. The van der Waals surface area contributed by atoms with E-state index in [0.29, 0.717) is 60.3 Å². The molecule has 0 saturated heterocycles. The Morgan fingerprint density at radius 2 is 1.50 bits per heavy atom. The maximum Gasteiger partial charge on any atom is 0.415 e. The second kappa shape index (κ2) is 15.5. The Hall–Kier alpha value is -3.35. The van der Waals surface area contributed by atoms with Gasteiger partial charge in [0.25, 0.3) is 5.69 Å². The SMILES string of the molecule is OCCO.[C-]#[N+]c1c(CC2C(C(C)(C)C)CC(C)CC2C(C)(C)C)c2nc(-c3ccc(C(C)(C)C)cc3)[nH]n2c1OC(=O)N(CC)CC. The summed E-state index contributed by atoms with van der Waals surface area (Å²) in [6.45, 7) is 36.1. The predicted molar refractivity (Wildman–Crippen MR) is 195 cm³/mol. The van der Waals surface area contributed by atoms with Crippen molar-refractivity contribution in [3.8, 4) is 17.3 Å². The molecule has 1 aromatic carbocycles. The molecule has 266 valence electrons. The number of aliphatic hydroxyl groups excluding tert-OH is 2. The molecule has 1 fully saturated rings. The fourth-order valence-corrected chi connectivity index (χ4v) is 7.42. The van der Waals surface area contributed by atoms with Gasteiger partial charge in [0.05, 0.1) is 19.8 Å². The summed E-state index contributed by atoms with van der Waals surface area (Å²) < 4.78 is 7.78. The Kier molecular flexibility index (Phi) is 12.6. The molecule has 1 aliphatic rings. The van der Waals surface area contributed by atoms with Crippen LogP contribution in [0, 0.1) is 41.1 Å². The van der Waals surface area contributed by atoms with E-state index >= 15 is 0 Å². The molecule has 2 unspecified atom stereocenters. The highest BCUT2D eigenvalue weighted by Gasteiger charge is 2.46. The van der Waals surface area contributed by atoms with Gasteiger partial charge < -0.3 is 19.8 Å². The Morgan fingerprint density at radius 1 is 0.979 bits per heavy atom. The summed E-state index contributed by atoms with van der Waals surface area (Å²) in [7, 11) is 0. The zero-order valence-corrected chi connectivity index (χ0v) is 31.6. The van der Waals surface area contributed by atoms with Crippen LogP contribution in [0.15, 0.2) is 24.3 Å². The molecule has 1 aliphatic carbocycles. The van der Waals surface area contributed by atoms with E-state index in [1.807, 2.05) is 13.8 Å². The van der Waals surface area contributed by atoms with Crippen LogP contribution in [-0.2, 0) is 11.8 Å². The van der Waals surface area contributed by atoms with E-state index < -0.39 is 6.09 Å². The molecule has 0 aliphatic heterocycles. The summed E-state index contributed by atoms with van der Waals surface area (Å²) >= 11 is 0. The van der Waals surface area contributed by atoms with Crippen molar-refractivity contribution in [2.75, 3.05) is 26.3 Å². The standard InChI is InChI=1S/C37H55N5O2.C2H6O2/c1-14-41(15-2)34(43)44-33-30(38-13)27(22-26-28(36(7,8)9)20-23(3)21-29(26)37(10,11)12)32-39-31(40-42(32)33)24-16-18-25(19-17-24)35(4,5)6;3-1-2-4/h16-19,23,26,28-29H,14-15,20-22H2,1-12H3,(H,39,40);3-4H,1-2H2. The third kappa shape index (κ3) is 8.81. The molecular formula is C39H61N5O4. The molecule has 9 heteroatoms. The van der Waals surface area contributed by atoms with Gasteiger partial charge in [-0.1, -0.05) is 93.5 Å². The lowest BCUT2D eigenvalue weighted by molar-refractivity contribution is -0.0136. The molecule has 1 amide bonds. The number of ether oxygens (including phenoxy) is 1. The van der Waals surface area contributed by atoms with Crippen molar-refractivity contribution < 1.29 is 19.7 Å². The number of hydrogen-bond donors (Lipinski definition) is 3. The van der Waals surface area contributed by atoms with E-state index in [1.54, 1.807) is 9.42 Å². The first kappa shape index (κ1) is 39.1. The summed E-state index contributed by atoms with van der Waals surface area (Å²) in [4.78, 5) is 24.0. The molecule has 0 radical (unpaired) electrons. The zero-order valence-electron chi connectivity index (χ0n) is 31.6. The first-order chi connectivity index (χ1) is 22.3. The smallest absolute Gasteiger partial charge is 0.402 e. The van der Waals surface area contributed by atoms with Crippen LogP contribution < -0.4 is 4.74 Å². The van der Waals surface area contributed by atoms with E-state index in [-0.39, 0.29) is 35.3 Å². The molecular weight excluding hydrogens is 602 g/mol. The molecule has 2 atom stereocenters. The van der Waals surface area contributed by atoms with Gasteiger partial charge in [-0.15, -0.1) is 0 Å². The summed E-state index contributed by atoms with van der Waals surface area (Å²) in [6.07, 6.45) is 2.60. The number of hydrogen-bond acceptors (Lipinski definition) is 5. The topological polar surface area (TPSA) is 107 Å². The largest absolute Gasteiger partial charge is 0.415 e. The summed E-state index contributed by atoms with van der Waals surface area (Å²) in [5.74, 6) is 2.89. The third-order valence-corrected chi connectivity index (χ3v) is 10.1. The van der Waals surface area contributed by atoms with Crippen LogP contribution in [0.3, 0.4) is 0 Å². The normalized spacial score (nSPS) is 20.2. The average molecular weight is 664 g/mol. The van der Waals surface area contributed by atoms with Gasteiger partial charge in [0.15, 0.2) is 5.82 Å². The minimum atomic E-state index is -0.455. The number of rotatable bonds is 7. The number of H-pyrrole nitrogens is 1. The fourth-order valence-electron chi connectivity index (χ4n) is 7.42. The van der Waals surface area contributed by atoms with Crippen LogP contribution in [0.1, 0.15) is 107 Å². The van der Waals surface area contributed by atoms with Gasteiger partial charge in [-0.2, -0.15) is 0 Å². The number of carbonyl (C=O) groups is 1. The minimum absolute atomic E-state index is 0.0445. The average Bonchev–Trinajstić information content (AvgIpc) is 3.55. The zero-order chi connectivity index (χ0) is 36.2. The molecule has 3 N–H and O–H groups in total. The number of carbonyl (C=O) groups excluding carboxylic acids is 1. The molecule has 2 aromatic heterocycles. The molecule has 3 aromatic rings. The lowest BCUT2D eigenvalue weighted by Gasteiger charge is -2.51. The van der Waals surface area contributed by atoms with Crippen LogP contribution in [0.5, 0.6) is 5.88 Å². The van der Waals surface area contributed by atoms with Gasteiger partial charge in [0.2, 0.25) is 5.88 Å². The number of nitrogens with zero attached hydrogens (tertiary/aromatic N) is 4. The van der Waals surface area contributed by atoms with E-state index in [4.69, 9.17) is 26.5 Å². The highest BCUT2D eigenvalue weighted by atomic mass is 16.6. The van der Waals surface area contributed by atoms with Crippen LogP contribution in [0.25, 0.3) is 21.9 Å². The van der Waals surface area contributed by atoms with Gasteiger partial charge in [-0.05, 0) is 78.6 Å². The van der Waals surface area contributed by atoms with Crippen LogP contribution in [-0.4, -0.2) is 62.1 Å². The molecule has 2 heterocycles. The second-order valence-electron chi connectivity index (χ2n) is 16.7. The molecule has 9 nitrogen and oxygen atoms in total. The summed E-state index contributed by atoms with van der Waals surface area (Å²) in [5, 5.41) is 18.7. The van der Waals surface area contributed by atoms with Gasteiger partial charge >= 0.3 is 6.09 Å².